The molecule has 33 heavy (non-hydrogen) atoms. The van der Waals surface area contributed by atoms with Gasteiger partial charge >= 0.3 is 0 Å². The lowest BCUT2D eigenvalue weighted by atomic mass is 9.93. The first-order chi connectivity index (χ1) is 15.9. The summed E-state index contributed by atoms with van der Waals surface area (Å²) in [6.07, 6.45) is 1.44. The zero-order chi connectivity index (χ0) is 23.4. The SMILES string of the molecule is CC(=O)N1N=C(c2ccc(C)cc2)C[C@@H]1CC(=C=C(C)C)c1ccc(-c2ccccc2)cc1. The Labute approximate surface area is 196 Å². The van der Waals surface area contributed by atoms with Gasteiger partial charge in [0.15, 0.2) is 0 Å². The van der Waals surface area contributed by atoms with Crippen LogP contribution in [0.25, 0.3) is 16.7 Å². The molecule has 0 aromatic heterocycles. The molecule has 0 aliphatic carbocycles. The average Bonchev–Trinajstić information content (AvgIpc) is 3.24. The van der Waals surface area contributed by atoms with Gasteiger partial charge in [0.25, 0.3) is 0 Å². The minimum absolute atomic E-state index is 0.0190. The van der Waals surface area contributed by atoms with E-state index in [0.717, 1.165) is 34.4 Å². The molecule has 1 atom stereocenters. The fourth-order valence-corrected chi connectivity index (χ4v) is 4.24. The summed E-state index contributed by atoms with van der Waals surface area (Å²) in [5.74, 6) is -0.0295. The maximum atomic E-state index is 12.4. The van der Waals surface area contributed by atoms with E-state index in [1.807, 2.05) is 6.07 Å². The summed E-state index contributed by atoms with van der Waals surface area (Å²) in [6, 6.07) is 27.3. The summed E-state index contributed by atoms with van der Waals surface area (Å²) >= 11 is 0. The molecule has 166 valence electrons. The molecule has 1 heterocycles. The van der Waals surface area contributed by atoms with Crippen molar-refractivity contribution in [2.24, 2.45) is 5.10 Å². The van der Waals surface area contributed by atoms with E-state index in [-0.39, 0.29) is 11.9 Å². The molecule has 1 aliphatic heterocycles. The third kappa shape index (κ3) is 5.39. The molecular weight excluding hydrogens is 404 g/mol. The van der Waals surface area contributed by atoms with Crippen LogP contribution in [0.1, 0.15) is 50.3 Å². The van der Waals surface area contributed by atoms with E-state index in [1.165, 1.54) is 16.7 Å². The van der Waals surface area contributed by atoms with Gasteiger partial charge in [0.2, 0.25) is 5.91 Å². The van der Waals surface area contributed by atoms with Crippen LogP contribution in [0.3, 0.4) is 0 Å². The largest absolute Gasteiger partial charge is 0.273 e. The van der Waals surface area contributed by atoms with Crippen LogP contribution in [0, 0.1) is 6.92 Å². The Balaban J connectivity index is 1.61. The summed E-state index contributed by atoms with van der Waals surface area (Å²) in [5.41, 5.74) is 12.5. The van der Waals surface area contributed by atoms with E-state index in [2.05, 4.69) is 99.3 Å². The molecule has 0 fully saturated rings. The molecule has 4 rings (SSSR count). The quantitative estimate of drug-likeness (QED) is 0.397. The minimum atomic E-state index is -0.0295. The fourth-order valence-electron chi connectivity index (χ4n) is 4.24. The van der Waals surface area contributed by atoms with Crippen LogP contribution in [0.15, 0.2) is 95.3 Å². The number of hydrogen-bond donors (Lipinski definition) is 0. The van der Waals surface area contributed by atoms with Crippen molar-refractivity contribution in [1.82, 2.24) is 5.01 Å². The number of benzene rings is 3. The first-order valence-corrected chi connectivity index (χ1v) is 11.4. The molecule has 0 radical (unpaired) electrons. The number of aryl methyl sites for hydroxylation is 1. The van der Waals surface area contributed by atoms with Gasteiger partial charge in [-0.25, -0.2) is 5.01 Å². The summed E-state index contributed by atoms with van der Waals surface area (Å²) < 4.78 is 0. The van der Waals surface area contributed by atoms with Crippen molar-refractivity contribution in [2.45, 2.75) is 46.6 Å². The topological polar surface area (TPSA) is 32.7 Å². The Hall–Kier alpha value is -3.68. The molecule has 0 N–H and O–H groups in total. The molecule has 3 aromatic carbocycles. The van der Waals surface area contributed by atoms with Crippen molar-refractivity contribution in [2.75, 3.05) is 0 Å². The predicted octanol–water partition coefficient (Wildman–Crippen LogP) is 7.03. The van der Waals surface area contributed by atoms with E-state index in [9.17, 15) is 4.79 Å². The van der Waals surface area contributed by atoms with E-state index >= 15 is 0 Å². The van der Waals surface area contributed by atoms with Crippen molar-refractivity contribution >= 4 is 17.2 Å². The lowest BCUT2D eigenvalue weighted by molar-refractivity contribution is -0.130. The first-order valence-electron chi connectivity index (χ1n) is 11.4. The van der Waals surface area contributed by atoms with E-state index in [1.54, 1.807) is 11.9 Å². The van der Waals surface area contributed by atoms with Crippen molar-refractivity contribution in [3.05, 3.63) is 107 Å². The van der Waals surface area contributed by atoms with Gasteiger partial charge in [0.1, 0.15) is 0 Å². The zero-order valence-corrected chi connectivity index (χ0v) is 19.8. The summed E-state index contributed by atoms with van der Waals surface area (Å²) in [4.78, 5) is 12.4. The Morgan fingerprint density at radius 3 is 2.09 bits per heavy atom. The number of carbonyl (C=O) groups is 1. The zero-order valence-electron chi connectivity index (χ0n) is 19.8. The molecule has 0 unspecified atom stereocenters. The lowest BCUT2D eigenvalue weighted by Crippen LogP contribution is -2.31. The van der Waals surface area contributed by atoms with Crippen molar-refractivity contribution in [3.63, 3.8) is 0 Å². The monoisotopic (exact) mass is 434 g/mol. The summed E-state index contributed by atoms with van der Waals surface area (Å²) in [5, 5.41) is 6.35. The van der Waals surface area contributed by atoms with Crippen LogP contribution in [-0.2, 0) is 4.79 Å². The summed E-state index contributed by atoms with van der Waals surface area (Å²) in [7, 11) is 0. The highest BCUT2D eigenvalue weighted by Gasteiger charge is 2.31. The third-order valence-corrected chi connectivity index (χ3v) is 5.89. The molecule has 3 nitrogen and oxygen atoms in total. The van der Waals surface area contributed by atoms with Crippen LogP contribution < -0.4 is 0 Å². The molecular formula is C30H30N2O. The maximum absolute atomic E-state index is 12.4. The van der Waals surface area contributed by atoms with Gasteiger partial charge in [0.05, 0.1) is 11.8 Å². The second kappa shape index (κ2) is 9.85. The smallest absolute Gasteiger partial charge is 0.239 e. The van der Waals surface area contributed by atoms with Crippen LogP contribution in [0.2, 0.25) is 0 Å². The predicted molar refractivity (Wildman–Crippen MR) is 137 cm³/mol. The number of amides is 1. The van der Waals surface area contributed by atoms with Gasteiger partial charge in [-0.05, 0) is 48.6 Å². The lowest BCUT2D eigenvalue weighted by Gasteiger charge is -2.21. The first kappa shape index (κ1) is 22.5. The van der Waals surface area contributed by atoms with E-state index in [0.29, 0.717) is 6.42 Å². The minimum Gasteiger partial charge on any atom is -0.273 e. The van der Waals surface area contributed by atoms with Crippen LogP contribution in [-0.4, -0.2) is 22.7 Å². The molecule has 1 amide bonds. The van der Waals surface area contributed by atoms with Crippen LogP contribution in [0.4, 0.5) is 0 Å². The Kier molecular flexibility index (Phi) is 6.72. The number of rotatable bonds is 5. The number of hydrazone groups is 1. The van der Waals surface area contributed by atoms with E-state index < -0.39 is 0 Å². The Morgan fingerprint density at radius 2 is 1.48 bits per heavy atom. The van der Waals surface area contributed by atoms with Crippen LogP contribution in [0.5, 0.6) is 0 Å². The van der Waals surface area contributed by atoms with Gasteiger partial charge < -0.3 is 0 Å². The third-order valence-electron chi connectivity index (χ3n) is 5.89. The second-order valence-corrected chi connectivity index (χ2v) is 8.89. The highest BCUT2D eigenvalue weighted by Crippen LogP contribution is 2.30. The summed E-state index contributed by atoms with van der Waals surface area (Å²) in [6.45, 7) is 7.78. The molecule has 3 heteroatoms. The molecule has 3 aromatic rings. The number of nitrogens with zero attached hydrogens (tertiary/aromatic N) is 2. The van der Waals surface area contributed by atoms with Gasteiger partial charge in [0, 0.05) is 25.3 Å². The molecule has 0 spiro atoms. The van der Waals surface area contributed by atoms with E-state index in [4.69, 9.17) is 5.10 Å². The number of carbonyl (C=O) groups excluding carboxylic acids is 1. The highest BCUT2D eigenvalue weighted by atomic mass is 16.2. The van der Waals surface area contributed by atoms with Crippen molar-refractivity contribution in [3.8, 4) is 11.1 Å². The number of hydrogen-bond acceptors (Lipinski definition) is 2. The van der Waals surface area contributed by atoms with Gasteiger partial charge in [-0.1, -0.05) is 84.4 Å². The Bertz CT molecular complexity index is 1220. The average molecular weight is 435 g/mol. The normalized spacial score (nSPS) is 15.1. The molecule has 0 saturated heterocycles. The molecule has 0 saturated carbocycles. The maximum Gasteiger partial charge on any atom is 0.239 e. The van der Waals surface area contributed by atoms with Crippen molar-refractivity contribution < 1.29 is 4.79 Å². The Morgan fingerprint density at radius 1 is 0.879 bits per heavy atom. The highest BCUT2D eigenvalue weighted by molar-refractivity contribution is 6.03. The van der Waals surface area contributed by atoms with Crippen molar-refractivity contribution in [1.29, 1.82) is 0 Å². The fraction of sp³-hybridized carbons (Fsp3) is 0.233. The van der Waals surface area contributed by atoms with Gasteiger partial charge in [-0.2, -0.15) is 5.10 Å². The van der Waals surface area contributed by atoms with Crippen LogP contribution >= 0.6 is 0 Å². The molecule has 1 aliphatic rings. The molecule has 0 bridgehead atoms. The second-order valence-electron chi connectivity index (χ2n) is 8.89. The standard InChI is InChI=1S/C30H30N2O/c1-21(2)18-28(26-16-14-25(15-17-26)24-8-6-5-7-9-24)19-29-20-30(31-32(29)23(4)33)27-12-10-22(3)11-13-27/h5-17,29H,19-20H2,1-4H3/t29-/m0/s1. The van der Waals surface area contributed by atoms with Gasteiger partial charge in [-0.15, -0.1) is 5.73 Å². The van der Waals surface area contributed by atoms with Gasteiger partial charge in [-0.3, -0.25) is 4.79 Å².